The molecule has 3 rings (SSSR count). The van der Waals surface area contributed by atoms with Gasteiger partial charge in [0.1, 0.15) is 0 Å². The highest BCUT2D eigenvalue weighted by Crippen LogP contribution is 2.24. The molecule has 2 N–H and O–H groups in total. The molecule has 0 aliphatic heterocycles. The number of carbonyl (C=O) groups excluding carboxylic acids is 1. The maximum Gasteiger partial charge on any atom is 0.255 e. The molecule has 0 spiro atoms. The van der Waals surface area contributed by atoms with Gasteiger partial charge < -0.3 is 10.1 Å². The minimum absolute atomic E-state index is 0.155. The van der Waals surface area contributed by atoms with Crippen molar-refractivity contribution in [3.63, 3.8) is 0 Å². The molecule has 2 aromatic carbocycles. The number of anilines is 1. The number of nitrogens with one attached hydrogen (secondary N) is 2. The molecule has 0 radical (unpaired) electrons. The first-order chi connectivity index (χ1) is 10.7. The van der Waals surface area contributed by atoms with Crippen LogP contribution in [0.15, 0.2) is 42.6 Å². The summed E-state index contributed by atoms with van der Waals surface area (Å²) in [5.74, 6) is -0.155. The first kappa shape index (κ1) is 14.3. The number of aromatic amines is 1. The molecule has 1 amide bonds. The highest BCUT2D eigenvalue weighted by Gasteiger charge is 2.11. The number of benzene rings is 2. The smallest absolute Gasteiger partial charge is 0.255 e. The molecule has 0 aliphatic carbocycles. The summed E-state index contributed by atoms with van der Waals surface area (Å²) in [6.45, 7) is 2.49. The number of hydrogen-bond acceptors (Lipinski definition) is 3. The van der Waals surface area contributed by atoms with E-state index in [0.717, 1.165) is 27.7 Å². The topological polar surface area (TPSA) is 67.0 Å². The number of hydrogen-bond donors (Lipinski definition) is 2. The van der Waals surface area contributed by atoms with Crippen LogP contribution in [0.2, 0.25) is 0 Å². The quantitative estimate of drug-likeness (QED) is 0.776. The largest absolute Gasteiger partial charge is 0.380 e. The van der Waals surface area contributed by atoms with Gasteiger partial charge in [-0.15, -0.1) is 0 Å². The van der Waals surface area contributed by atoms with Crippen LogP contribution in [0.4, 0.5) is 5.69 Å². The highest BCUT2D eigenvalue weighted by molar-refractivity contribution is 6.08. The van der Waals surface area contributed by atoms with Crippen molar-refractivity contribution in [1.82, 2.24) is 10.2 Å². The van der Waals surface area contributed by atoms with Crippen molar-refractivity contribution in [2.24, 2.45) is 0 Å². The summed E-state index contributed by atoms with van der Waals surface area (Å²) < 4.78 is 5.10. The number of rotatable bonds is 4. The van der Waals surface area contributed by atoms with E-state index >= 15 is 0 Å². The molecule has 3 aromatic rings. The van der Waals surface area contributed by atoms with E-state index in [-0.39, 0.29) is 5.91 Å². The zero-order valence-electron chi connectivity index (χ0n) is 12.5. The Hall–Kier alpha value is -2.66. The molecular weight excluding hydrogens is 278 g/mol. The van der Waals surface area contributed by atoms with Crippen LogP contribution in [0.5, 0.6) is 0 Å². The van der Waals surface area contributed by atoms with Crippen molar-refractivity contribution in [2.45, 2.75) is 13.5 Å². The third-order valence-electron chi connectivity index (χ3n) is 3.58. The van der Waals surface area contributed by atoms with Gasteiger partial charge in [0, 0.05) is 18.1 Å². The normalized spacial score (nSPS) is 10.8. The van der Waals surface area contributed by atoms with Crippen LogP contribution in [0.1, 0.15) is 21.5 Å². The molecular formula is C17H17N3O2. The summed E-state index contributed by atoms with van der Waals surface area (Å²) in [6.07, 6.45) is 1.76. The Labute approximate surface area is 128 Å². The number of methoxy groups -OCH3 is 1. The summed E-state index contributed by atoms with van der Waals surface area (Å²) in [6, 6.07) is 11.2. The number of ether oxygens (including phenoxy) is 1. The van der Waals surface area contributed by atoms with Gasteiger partial charge in [-0.25, -0.2) is 0 Å². The molecule has 0 atom stereocenters. The van der Waals surface area contributed by atoms with E-state index in [1.807, 2.05) is 37.3 Å². The van der Waals surface area contributed by atoms with Gasteiger partial charge in [0.15, 0.2) is 0 Å². The van der Waals surface area contributed by atoms with E-state index in [4.69, 9.17) is 4.74 Å². The summed E-state index contributed by atoms with van der Waals surface area (Å²) in [7, 11) is 1.63. The third-order valence-corrected chi connectivity index (χ3v) is 3.58. The summed E-state index contributed by atoms with van der Waals surface area (Å²) in [4.78, 5) is 12.4. The Morgan fingerprint density at radius 2 is 2.18 bits per heavy atom. The number of H-pyrrole nitrogens is 1. The van der Waals surface area contributed by atoms with Crippen molar-refractivity contribution in [3.05, 3.63) is 59.3 Å². The Bertz CT molecular complexity index is 824. The summed E-state index contributed by atoms with van der Waals surface area (Å²) in [5, 5.41) is 10.9. The molecule has 22 heavy (non-hydrogen) atoms. The van der Waals surface area contributed by atoms with Gasteiger partial charge >= 0.3 is 0 Å². The lowest BCUT2D eigenvalue weighted by Gasteiger charge is -2.08. The van der Waals surface area contributed by atoms with E-state index < -0.39 is 0 Å². The number of amides is 1. The van der Waals surface area contributed by atoms with Gasteiger partial charge in [-0.05, 0) is 36.2 Å². The molecule has 0 fully saturated rings. The second kappa shape index (κ2) is 5.99. The van der Waals surface area contributed by atoms with Crippen LogP contribution in [-0.4, -0.2) is 23.2 Å². The van der Waals surface area contributed by atoms with Gasteiger partial charge in [-0.3, -0.25) is 9.89 Å². The van der Waals surface area contributed by atoms with Gasteiger partial charge in [0.25, 0.3) is 5.91 Å². The maximum atomic E-state index is 12.4. The number of aromatic nitrogens is 2. The van der Waals surface area contributed by atoms with Crippen LogP contribution < -0.4 is 5.32 Å². The van der Waals surface area contributed by atoms with Gasteiger partial charge in [0.05, 0.1) is 24.0 Å². The summed E-state index contributed by atoms with van der Waals surface area (Å²) >= 11 is 0. The molecule has 0 aliphatic rings. The predicted octanol–water partition coefficient (Wildman–Crippen LogP) is 3.27. The van der Waals surface area contributed by atoms with Crippen LogP contribution in [-0.2, 0) is 11.3 Å². The monoisotopic (exact) mass is 295 g/mol. The Morgan fingerprint density at radius 1 is 1.32 bits per heavy atom. The van der Waals surface area contributed by atoms with E-state index in [1.165, 1.54) is 0 Å². The minimum atomic E-state index is -0.155. The maximum absolute atomic E-state index is 12.4. The van der Waals surface area contributed by atoms with Crippen molar-refractivity contribution in [3.8, 4) is 0 Å². The molecule has 1 heterocycles. The second-order valence-corrected chi connectivity index (χ2v) is 5.18. The summed E-state index contributed by atoms with van der Waals surface area (Å²) in [5.41, 5.74) is 4.24. The van der Waals surface area contributed by atoms with Crippen LogP contribution in [0, 0.1) is 6.92 Å². The molecule has 0 bridgehead atoms. The fourth-order valence-electron chi connectivity index (χ4n) is 2.44. The molecule has 0 unspecified atom stereocenters. The van der Waals surface area contributed by atoms with Crippen LogP contribution >= 0.6 is 0 Å². The number of carbonyl (C=O) groups is 1. The SMILES string of the molecule is COCc1cccc(C(=O)Nc2ccc(C)c3cn[nH]c23)c1. The van der Waals surface area contributed by atoms with Crippen molar-refractivity contribution < 1.29 is 9.53 Å². The Morgan fingerprint density at radius 3 is 3.00 bits per heavy atom. The number of aryl methyl sites for hydroxylation is 1. The van der Waals surface area contributed by atoms with Crippen LogP contribution in [0.3, 0.4) is 0 Å². The fraction of sp³-hybridized carbons (Fsp3) is 0.176. The van der Waals surface area contributed by atoms with E-state index in [2.05, 4.69) is 15.5 Å². The average molecular weight is 295 g/mol. The standard InChI is InChI=1S/C17H17N3O2/c1-11-6-7-15(16-14(11)9-18-20-16)19-17(21)13-5-3-4-12(8-13)10-22-2/h3-9H,10H2,1-2H3,(H,18,20)(H,19,21). The van der Waals surface area contributed by atoms with Crippen LogP contribution in [0.25, 0.3) is 10.9 Å². The first-order valence-corrected chi connectivity index (χ1v) is 7.01. The van der Waals surface area contributed by atoms with E-state index in [9.17, 15) is 4.79 Å². The van der Waals surface area contributed by atoms with E-state index in [1.54, 1.807) is 19.4 Å². The number of nitrogens with zero attached hydrogens (tertiary/aromatic N) is 1. The Balaban J connectivity index is 1.88. The average Bonchev–Trinajstić information content (AvgIpc) is 3.01. The lowest BCUT2D eigenvalue weighted by atomic mass is 10.1. The lowest BCUT2D eigenvalue weighted by molar-refractivity contribution is 0.102. The second-order valence-electron chi connectivity index (χ2n) is 5.18. The number of fused-ring (bicyclic) bond motifs is 1. The Kier molecular flexibility index (Phi) is 3.89. The van der Waals surface area contributed by atoms with Gasteiger partial charge in [-0.1, -0.05) is 18.2 Å². The molecule has 112 valence electrons. The minimum Gasteiger partial charge on any atom is -0.380 e. The molecule has 0 saturated carbocycles. The van der Waals surface area contributed by atoms with Gasteiger partial charge in [0.2, 0.25) is 0 Å². The zero-order valence-corrected chi connectivity index (χ0v) is 12.5. The van der Waals surface area contributed by atoms with Crippen molar-refractivity contribution >= 4 is 22.5 Å². The lowest BCUT2D eigenvalue weighted by Crippen LogP contribution is -2.12. The molecule has 0 saturated heterocycles. The van der Waals surface area contributed by atoms with Crippen molar-refractivity contribution in [2.75, 3.05) is 12.4 Å². The zero-order chi connectivity index (χ0) is 15.5. The predicted molar refractivity (Wildman–Crippen MR) is 85.9 cm³/mol. The van der Waals surface area contributed by atoms with E-state index in [0.29, 0.717) is 12.2 Å². The highest BCUT2D eigenvalue weighted by atomic mass is 16.5. The molecule has 5 heteroatoms. The molecule has 5 nitrogen and oxygen atoms in total. The first-order valence-electron chi connectivity index (χ1n) is 7.01. The molecule has 1 aromatic heterocycles. The fourth-order valence-corrected chi connectivity index (χ4v) is 2.44. The van der Waals surface area contributed by atoms with Gasteiger partial charge in [-0.2, -0.15) is 5.10 Å². The third kappa shape index (κ3) is 2.71. The van der Waals surface area contributed by atoms with Crippen molar-refractivity contribution in [1.29, 1.82) is 0 Å².